The summed E-state index contributed by atoms with van der Waals surface area (Å²) in [5.74, 6) is 0. The minimum absolute atomic E-state index is 0.274. The summed E-state index contributed by atoms with van der Waals surface area (Å²) in [6.07, 6.45) is 3.61. The Morgan fingerprint density at radius 1 is 1.08 bits per heavy atom. The number of nitrogens with zero attached hydrogens (tertiary/aromatic N) is 1. The molecule has 0 unspecified atom stereocenters. The molecule has 4 heteroatoms. The van der Waals surface area contributed by atoms with Gasteiger partial charge in [-0.3, -0.25) is 0 Å². The molecule has 0 aromatic heterocycles. The molecular weight excluding hydrogens is 318 g/mol. The summed E-state index contributed by atoms with van der Waals surface area (Å²) in [5.41, 5.74) is 3.06. The standard InChI is InChI=1S/C20H23NO2S/c1-4-14-21(16-18(3)15-19-8-6-5-7-9-19)24(22,23)20-12-10-17(2)11-13-20/h4-13,15H,1,14,16H2,2-3H3/b18-15+. The first kappa shape index (κ1) is 18.2. The quantitative estimate of drug-likeness (QED) is 0.705. The van der Waals surface area contributed by atoms with Crippen molar-refractivity contribution >= 4 is 16.1 Å². The van der Waals surface area contributed by atoms with Crippen LogP contribution in [0, 0.1) is 6.92 Å². The Labute approximate surface area is 145 Å². The van der Waals surface area contributed by atoms with E-state index in [-0.39, 0.29) is 6.54 Å². The molecule has 0 aliphatic heterocycles. The molecule has 2 rings (SSSR count). The summed E-state index contributed by atoms with van der Waals surface area (Å²) in [6, 6.07) is 16.8. The van der Waals surface area contributed by atoms with Crippen molar-refractivity contribution in [1.29, 1.82) is 0 Å². The number of hydrogen-bond donors (Lipinski definition) is 0. The van der Waals surface area contributed by atoms with Gasteiger partial charge in [-0.25, -0.2) is 8.42 Å². The lowest BCUT2D eigenvalue weighted by Crippen LogP contribution is -2.32. The second kappa shape index (κ2) is 8.08. The molecule has 24 heavy (non-hydrogen) atoms. The first-order chi connectivity index (χ1) is 11.4. The Kier molecular flexibility index (Phi) is 6.12. The van der Waals surface area contributed by atoms with Gasteiger partial charge in [0.15, 0.2) is 0 Å². The summed E-state index contributed by atoms with van der Waals surface area (Å²) >= 11 is 0. The van der Waals surface area contributed by atoms with Crippen LogP contribution in [-0.4, -0.2) is 25.8 Å². The SMILES string of the molecule is C=CCN(C/C(C)=C/c1ccccc1)S(=O)(=O)c1ccc(C)cc1. The maximum Gasteiger partial charge on any atom is 0.243 e. The fourth-order valence-corrected chi connectivity index (χ4v) is 3.86. The summed E-state index contributed by atoms with van der Waals surface area (Å²) in [6.45, 7) is 8.17. The van der Waals surface area contributed by atoms with Gasteiger partial charge in [0.1, 0.15) is 0 Å². The number of sulfonamides is 1. The smallest absolute Gasteiger partial charge is 0.207 e. The summed E-state index contributed by atoms with van der Waals surface area (Å²) in [7, 11) is -3.55. The van der Waals surface area contributed by atoms with Crippen molar-refractivity contribution in [1.82, 2.24) is 4.31 Å². The first-order valence-electron chi connectivity index (χ1n) is 7.83. The zero-order chi connectivity index (χ0) is 17.6. The number of rotatable bonds is 7. The molecule has 0 aliphatic rings. The molecule has 0 radical (unpaired) electrons. The molecule has 0 fully saturated rings. The van der Waals surface area contributed by atoms with Crippen molar-refractivity contribution in [2.24, 2.45) is 0 Å². The minimum atomic E-state index is -3.55. The van der Waals surface area contributed by atoms with Gasteiger partial charge in [0, 0.05) is 13.1 Å². The minimum Gasteiger partial charge on any atom is -0.207 e. The fourth-order valence-electron chi connectivity index (χ4n) is 2.41. The van der Waals surface area contributed by atoms with Gasteiger partial charge in [0.25, 0.3) is 0 Å². The van der Waals surface area contributed by atoms with E-state index in [2.05, 4.69) is 6.58 Å². The highest BCUT2D eigenvalue weighted by atomic mass is 32.2. The van der Waals surface area contributed by atoms with Gasteiger partial charge in [-0.2, -0.15) is 4.31 Å². The van der Waals surface area contributed by atoms with Crippen LogP contribution in [-0.2, 0) is 10.0 Å². The van der Waals surface area contributed by atoms with Crippen LogP contribution in [0.1, 0.15) is 18.1 Å². The van der Waals surface area contributed by atoms with E-state index in [0.717, 1.165) is 16.7 Å². The van der Waals surface area contributed by atoms with Gasteiger partial charge in [0.05, 0.1) is 4.90 Å². The normalized spacial score (nSPS) is 12.4. The van der Waals surface area contributed by atoms with E-state index in [1.54, 1.807) is 18.2 Å². The second-order valence-electron chi connectivity index (χ2n) is 5.80. The molecule has 0 bridgehead atoms. The zero-order valence-corrected chi connectivity index (χ0v) is 15.0. The van der Waals surface area contributed by atoms with Gasteiger partial charge in [-0.05, 0) is 31.5 Å². The highest BCUT2D eigenvalue weighted by molar-refractivity contribution is 7.89. The van der Waals surface area contributed by atoms with E-state index in [1.807, 2.05) is 62.4 Å². The van der Waals surface area contributed by atoms with Crippen LogP contribution in [0.3, 0.4) is 0 Å². The van der Waals surface area contributed by atoms with E-state index >= 15 is 0 Å². The molecule has 0 atom stereocenters. The monoisotopic (exact) mass is 341 g/mol. The Balaban J connectivity index is 2.26. The molecule has 0 saturated carbocycles. The molecule has 126 valence electrons. The molecule has 0 aliphatic carbocycles. The van der Waals surface area contributed by atoms with E-state index < -0.39 is 10.0 Å². The molecule has 0 saturated heterocycles. The van der Waals surface area contributed by atoms with Gasteiger partial charge in [-0.1, -0.05) is 65.8 Å². The van der Waals surface area contributed by atoms with Crippen LogP contribution in [0.25, 0.3) is 6.08 Å². The predicted octanol–water partition coefficient (Wildman–Crippen LogP) is 4.28. The summed E-state index contributed by atoms with van der Waals surface area (Å²) in [4.78, 5) is 0.308. The van der Waals surface area contributed by atoms with Gasteiger partial charge in [-0.15, -0.1) is 6.58 Å². The van der Waals surface area contributed by atoms with Crippen LogP contribution < -0.4 is 0 Å². The highest BCUT2D eigenvalue weighted by Gasteiger charge is 2.23. The van der Waals surface area contributed by atoms with Gasteiger partial charge in [0.2, 0.25) is 10.0 Å². The maximum absolute atomic E-state index is 12.9. The Bertz CT molecular complexity index is 806. The first-order valence-corrected chi connectivity index (χ1v) is 9.27. The molecule has 3 nitrogen and oxygen atoms in total. The van der Waals surface area contributed by atoms with Gasteiger partial charge >= 0.3 is 0 Å². The van der Waals surface area contributed by atoms with Crippen molar-refractivity contribution in [3.05, 3.63) is 84.0 Å². The summed E-state index contributed by atoms with van der Waals surface area (Å²) < 4.78 is 27.2. The number of benzene rings is 2. The Morgan fingerprint density at radius 3 is 2.29 bits per heavy atom. The topological polar surface area (TPSA) is 37.4 Å². The third-order valence-corrected chi connectivity index (χ3v) is 5.46. The molecule has 0 spiro atoms. The summed E-state index contributed by atoms with van der Waals surface area (Å²) in [5, 5.41) is 0. The molecule has 0 heterocycles. The molecular formula is C20H23NO2S. The average molecular weight is 341 g/mol. The fraction of sp³-hybridized carbons (Fsp3) is 0.200. The van der Waals surface area contributed by atoms with E-state index in [9.17, 15) is 8.42 Å². The molecule has 2 aromatic rings. The van der Waals surface area contributed by atoms with E-state index in [1.165, 1.54) is 4.31 Å². The van der Waals surface area contributed by atoms with Crippen LogP contribution >= 0.6 is 0 Å². The van der Waals surface area contributed by atoms with Crippen LogP contribution in [0.4, 0.5) is 0 Å². The lowest BCUT2D eigenvalue weighted by Gasteiger charge is -2.21. The van der Waals surface area contributed by atoms with E-state index in [4.69, 9.17) is 0 Å². The third-order valence-electron chi connectivity index (χ3n) is 3.63. The van der Waals surface area contributed by atoms with Gasteiger partial charge < -0.3 is 0 Å². The lowest BCUT2D eigenvalue weighted by atomic mass is 10.1. The molecule has 0 amide bonds. The lowest BCUT2D eigenvalue weighted by molar-refractivity contribution is 0.467. The molecule has 0 N–H and O–H groups in total. The number of aryl methyl sites for hydroxylation is 1. The van der Waals surface area contributed by atoms with Crippen LogP contribution in [0.2, 0.25) is 0 Å². The maximum atomic E-state index is 12.9. The Hall–Kier alpha value is -2.17. The van der Waals surface area contributed by atoms with Crippen LogP contribution in [0.5, 0.6) is 0 Å². The average Bonchev–Trinajstić information content (AvgIpc) is 2.55. The zero-order valence-electron chi connectivity index (χ0n) is 14.1. The van der Waals surface area contributed by atoms with E-state index in [0.29, 0.717) is 11.4 Å². The predicted molar refractivity (Wildman–Crippen MR) is 100 cm³/mol. The Morgan fingerprint density at radius 2 is 1.71 bits per heavy atom. The van der Waals surface area contributed by atoms with Crippen LogP contribution in [0.15, 0.2) is 77.7 Å². The van der Waals surface area contributed by atoms with Crippen molar-refractivity contribution in [3.8, 4) is 0 Å². The second-order valence-corrected chi connectivity index (χ2v) is 7.74. The number of hydrogen-bond acceptors (Lipinski definition) is 2. The largest absolute Gasteiger partial charge is 0.243 e. The van der Waals surface area contributed by atoms with Crippen molar-refractivity contribution in [2.75, 3.05) is 13.1 Å². The highest BCUT2D eigenvalue weighted by Crippen LogP contribution is 2.18. The third kappa shape index (κ3) is 4.66. The molecule has 2 aromatic carbocycles. The van der Waals surface area contributed by atoms with Crippen molar-refractivity contribution in [2.45, 2.75) is 18.7 Å². The van der Waals surface area contributed by atoms with Crippen molar-refractivity contribution in [3.63, 3.8) is 0 Å². The van der Waals surface area contributed by atoms with Crippen molar-refractivity contribution < 1.29 is 8.42 Å².